The molecule has 2 aromatic carbocycles. The minimum absolute atomic E-state index is 0. The number of hydrogen-bond acceptors (Lipinski definition) is 13. The van der Waals surface area contributed by atoms with Crippen LogP contribution in [0.2, 0.25) is 0 Å². The number of rotatable bonds is 14. The first-order chi connectivity index (χ1) is 21.2. The van der Waals surface area contributed by atoms with Gasteiger partial charge in [0.05, 0.1) is 6.10 Å². The topological polar surface area (TPSA) is 176 Å². The predicted octanol–water partition coefficient (Wildman–Crippen LogP) is 2.65. The average molecular weight is 1150 g/mol. The first kappa shape index (κ1) is 40.2. The Kier molecular flexibility index (Phi) is 19.0. The molecule has 0 amide bonds. The molecule has 4 aromatic rings. The number of fused-ring (bicyclic) bond motifs is 2. The van der Waals surface area contributed by atoms with Crippen LogP contribution < -0.4 is 20.7 Å². The van der Waals surface area contributed by atoms with E-state index in [1.807, 2.05) is 0 Å². The van der Waals surface area contributed by atoms with Crippen molar-refractivity contribution in [3.63, 3.8) is 0 Å². The van der Waals surface area contributed by atoms with Crippen molar-refractivity contribution in [2.45, 2.75) is 18.3 Å². The maximum atomic E-state index is 11.1. The molecule has 0 aliphatic carbocycles. The van der Waals surface area contributed by atoms with E-state index in [0.29, 0.717) is 22.7 Å². The average Bonchev–Trinajstić information content (AvgIpc) is 3.00. The molecular weight excluding hydrogens is 1110 g/mol. The van der Waals surface area contributed by atoms with Gasteiger partial charge >= 0.3 is 11.3 Å². The Morgan fingerprint density at radius 2 is 0.826 bits per heavy atom. The summed E-state index contributed by atoms with van der Waals surface area (Å²) in [5.41, 5.74) is 0.0704. The monoisotopic (exact) mass is 1150 g/mol. The molecule has 0 saturated carbocycles. The van der Waals surface area contributed by atoms with Crippen molar-refractivity contribution < 1.29 is 52.6 Å². The van der Waals surface area contributed by atoms with E-state index >= 15 is 0 Å². The van der Waals surface area contributed by atoms with E-state index in [9.17, 15) is 19.8 Å². The molecule has 2 unspecified atom stereocenters. The van der Waals surface area contributed by atoms with Gasteiger partial charge in [-0.2, -0.15) is 0 Å². The summed E-state index contributed by atoms with van der Waals surface area (Å²) < 4.78 is 38.5. The van der Waals surface area contributed by atoms with E-state index in [1.54, 1.807) is 48.5 Å². The Bertz CT molecular complexity index is 1380. The summed E-state index contributed by atoms with van der Waals surface area (Å²) in [5.74, 6) is 1.03. The van der Waals surface area contributed by atoms with Crippen LogP contribution in [0.4, 0.5) is 0 Å². The van der Waals surface area contributed by atoms with Gasteiger partial charge in [-0.3, -0.25) is 0 Å². The van der Waals surface area contributed by atoms with Crippen molar-refractivity contribution in [3.05, 3.63) is 110 Å². The van der Waals surface area contributed by atoms with Gasteiger partial charge in [0.15, 0.2) is 0 Å². The zero-order chi connectivity index (χ0) is 32.3. The molecule has 2 heterocycles. The van der Waals surface area contributed by atoms with Gasteiger partial charge in [0.25, 0.3) is 0 Å². The van der Waals surface area contributed by atoms with Gasteiger partial charge in [0, 0.05) is 61.5 Å². The molecule has 0 spiro atoms. The van der Waals surface area contributed by atoms with Crippen LogP contribution in [0.5, 0.6) is 11.5 Å². The zero-order valence-electron chi connectivity index (χ0n) is 25.4. The van der Waals surface area contributed by atoms with Crippen LogP contribution in [0.25, 0.3) is 21.9 Å². The molecule has 0 radical (unpaired) electrons. The van der Waals surface area contributed by atoms with Crippen LogP contribution in [0.1, 0.15) is 0 Å². The Balaban J connectivity index is 0.000000694. The molecule has 46 heavy (non-hydrogen) atoms. The van der Waals surface area contributed by atoms with Gasteiger partial charge in [0.1, 0.15) is 48.1 Å². The summed E-state index contributed by atoms with van der Waals surface area (Å²) in [5, 5.41) is 29.1. The first-order valence-electron chi connectivity index (χ1n) is 13.0. The minimum Gasteiger partial charge on any atom is -0.553 e. The molecular formula is C31H36O13Rf2-4. The third kappa shape index (κ3) is 14.6. The normalized spacial score (nSPS) is 11.7. The summed E-state index contributed by atoms with van der Waals surface area (Å²) in [7, 11) is 12.5. The summed E-state index contributed by atoms with van der Waals surface area (Å²) in [4.78, 5) is 22.2. The Labute approximate surface area is 254 Å². The third-order valence-electron chi connectivity index (χ3n) is 5.31. The standard InChI is InChI=1S/2C13H13O5.C5H10O3.2Rf/c2*1-16-7-10(14)8-17-11-4-2-9-3-5-13(15)18-12(9)6-11;1-7-3-5(6)4-8-2;;/h2*2-6,10,14H,1,7-8H2;5-6H,1-4H2;;/q2*-1;-2;;. The van der Waals surface area contributed by atoms with Crippen molar-refractivity contribution in [1.82, 2.24) is 0 Å². The van der Waals surface area contributed by atoms with Gasteiger partial charge in [-0.25, -0.2) is 38.0 Å². The molecule has 3 N–H and O–H groups in total. The Morgan fingerprint density at radius 3 is 1.15 bits per heavy atom. The fourth-order valence-electron chi connectivity index (χ4n) is 3.33. The Morgan fingerprint density at radius 1 is 0.522 bits per heavy atom. The molecule has 4 rings (SSSR count). The fraction of sp³-hybridized carbons (Fsp3) is 0.290. The quantitative estimate of drug-likeness (QED) is 0.124. The van der Waals surface area contributed by atoms with Crippen molar-refractivity contribution in [2.75, 3.05) is 39.6 Å². The van der Waals surface area contributed by atoms with Crippen LogP contribution in [-0.2, 0) is 18.9 Å². The van der Waals surface area contributed by atoms with E-state index in [2.05, 4.69) is 47.4 Å². The van der Waals surface area contributed by atoms with Gasteiger partial charge in [-0.1, -0.05) is 0 Å². The van der Waals surface area contributed by atoms with Crippen LogP contribution in [-0.4, -0.2) is 73.3 Å². The van der Waals surface area contributed by atoms with Crippen molar-refractivity contribution >= 4 is 21.9 Å². The summed E-state index contributed by atoms with van der Waals surface area (Å²) in [6.45, 7) is 0.743. The maximum Gasteiger partial charge on any atom is 0.336 e. The molecule has 246 valence electrons. The second kappa shape index (κ2) is 21.8. The van der Waals surface area contributed by atoms with Crippen molar-refractivity contribution in [2.24, 2.45) is 0 Å². The first-order valence-corrected chi connectivity index (χ1v) is 13.0. The summed E-state index contributed by atoms with van der Waals surface area (Å²) in [6, 6.07) is 16.3. The van der Waals surface area contributed by atoms with Crippen LogP contribution in [0, 0.1) is 28.4 Å². The van der Waals surface area contributed by atoms with E-state index in [-0.39, 0.29) is 39.6 Å². The molecule has 2 aromatic heterocycles. The van der Waals surface area contributed by atoms with Crippen LogP contribution in [0.15, 0.2) is 79.1 Å². The molecule has 2 atom stereocenters. The van der Waals surface area contributed by atoms with Crippen LogP contribution >= 0.6 is 0 Å². The van der Waals surface area contributed by atoms with Gasteiger partial charge in [-0.05, 0) is 36.4 Å². The van der Waals surface area contributed by atoms with Crippen molar-refractivity contribution in [1.29, 1.82) is 0 Å². The maximum absolute atomic E-state index is 11.1. The second-order valence-corrected chi connectivity index (χ2v) is 8.97. The largest absolute Gasteiger partial charge is 0.553 e. The zero-order valence-corrected chi connectivity index (χ0v) is 38.2. The van der Waals surface area contributed by atoms with E-state index in [0.717, 1.165) is 10.8 Å². The summed E-state index contributed by atoms with van der Waals surface area (Å²) in [6.07, 6.45) is -2.10. The SMILES string of the molecule is [CH2-]OCC(O)CO[CH2-].[CH2-]OCC(O)COc1ccc2ccc(=O)oc2c1.[CH2-]OCC(O)COc1ccc2ccc(=O)oc2c1.[Rf].[Rf]. The van der Waals surface area contributed by atoms with Gasteiger partial charge in [-0.15, -0.1) is 0 Å². The number of benzene rings is 2. The number of aliphatic hydroxyl groups is 3. The molecule has 0 aliphatic heterocycles. The predicted molar refractivity (Wildman–Crippen MR) is 159 cm³/mol. The van der Waals surface area contributed by atoms with Crippen LogP contribution in [0.3, 0.4) is 0 Å². The fourth-order valence-corrected chi connectivity index (χ4v) is 3.33. The molecule has 15 heteroatoms. The van der Waals surface area contributed by atoms with Gasteiger partial charge < -0.3 is 52.6 Å². The number of ether oxygens (including phenoxy) is 6. The minimum atomic E-state index is -0.749. The van der Waals surface area contributed by atoms with E-state index in [4.69, 9.17) is 23.4 Å². The summed E-state index contributed by atoms with van der Waals surface area (Å²) >= 11 is 0. The number of aliphatic hydroxyl groups excluding tert-OH is 3. The van der Waals surface area contributed by atoms with Gasteiger partial charge in [0.2, 0.25) is 0 Å². The molecule has 0 fully saturated rings. The van der Waals surface area contributed by atoms with E-state index in [1.165, 1.54) is 12.1 Å². The third-order valence-corrected chi connectivity index (χ3v) is 5.31. The number of hydrogen-bond donors (Lipinski definition) is 3. The smallest absolute Gasteiger partial charge is 0.336 e. The van der Waals surface area contributed by atoms with E-state index < -0.39 is 29.6 Å². The molecule has 13 nitrogen and oxygen atoms in total. The molecule has 0 bridgehead atoms. The second-order valence-electron chi connectivity index (χ2n) is 8.97. The Hall–Kier alpha value is -5.82. The van der Waals surface area contributed by atoms with Crippen molar-refractivity contribution in [3.8, 4) is 11.5 Å². The molecule has 0 aliphatic rings. The molecule has 0 saturated heterocycles.